The lowest BCUT2D eigenvalue weighted by Crippen LogP contribution is -1.81. The van der Waals surface area contributed by atoms with Gasteiger partial charge in [0.25, 0.3) is 0 Å². The summed E-state index contributed by atoms with van der Waals surface area (Å²) in [6.07, 6.45) is 0. The van der Waals surface area contributed by atoms with Crippen LogP contribution in [0.25, 0.3) is 10.4 Å². The van der Waals surface area contributed by atoms with Crippen molar-refractivity contribution in [1.29, 1.82) is 0 Å². The van der Waals surface area contributed by atoms with Gasteiger partial charge in [0.1, 0.15) is 0 Å². The van der Waals surface area contributed by atoms with Gasteiger partial charge in [-0.2, -0.15) is 4.37 Å². The largest absolute Gasteiger partial charge is 0.480 e. The van der Waals surface area contributed by atoms with Gasteiger partial charge < -0.3 is 4.74 Å². The van der Waals surface area contributed by atoms with Gasteiger partial charge in [-0.3, -0.25) is 0 Å². The maximum atomic E-state index is 5.10. The highest BCUT2D eigenvalue weighted by Crippen LogP contribution is 2.38. The van der Waals surface area contributed by atoms with Gasteiger partial charge in [0.05, 0.1) is 16.5 Å². The third-order valence-electron chi connectivity index (χ3n) is 1.84. The number of halogens is 1. The van der Waals surface area contributed by atoms with E-state index in [4.69, 9.17) is 4.74 Å². The summed E-state index contributed by atoms with van der Waals surface area (Å²) in [4.78, 5) is 1.10. The van der Waals surface area contributed by atoms with Crippen LogP contribution in [0.15, 0.2) is 34.8 Å². The smallest absolute Gasteiger partial charge is 0.240 e. The molecule has 0 aliphatic rings. The highest BCUT2D eigenvalue weighted by atomic mass is 79.9. The molecule has 1 heterocycles. The van der Waals surface area contributed by atoms with Crippen LogP contribution in [0.3, 0.4) is 0 Å². The first-order chi connectivity index (χ1) is 6.83. The van der Waals surface area contributed by atoms with Gasteiger partial charge in [0.15, 0.2) is 0 Å². The average molecular weight is 270 g/mol. The van der Waals surface area contributed by atoms with E-state index in [-0.39, 0.29) is 0 Å². The topological polar surface area (TPSA) is 22.1 Å². The fourth-order valence-electron chi connectivity index (χ4n) is 1.16. The summed E-state index contributed by atoms with van der Waals surface area (Å²) in [5, 5.41) is 0. The lowest BCUT2D eigenvalue weighted by molar-refractivity contribution is 0.400. The monoisotopic (exact) mass is 269 g/mol. The molecular formula is C10H8BrNOS. The number of nitrogens with zero attached hydrogens (tertiary/aromatic N) is 1. The summed E-state index contributed by atoms with van der Waals surface area (Å²) >= 11 is 4.90. The van der Waals surface area contributed by atoms with Crippen molar-refractivity contribution in [2.24, 2.45) is 0 Å². The van der Waals surface area contributed by atoms with E-state index in [1.807, 2.05) is 18.2 Å². The second-order valence-corrected chi connectivity index (χ2v) is 4.27. The molecule has 0 radical (unpaired) electrons. The Balaban J connectivity index is 2.48. The van der Waals surface area contributed by atoms with Crippen LogP contribution in [0.1, 0.15) is 0 Å². The summed E-state index contributed by atoms with van der Waals surface area (Å²) in [6.45, 7) is 0. The summed E-state index contributed by atoms with van der Waals surface area (Å²) < 4.78 is 10.2. The van der Waals surface area contributed by atoms with Crippen molar-refractivity contribution in [2.45, 2.75) is 0 Å². The molecule has 0 spiro atoms. The summed E-state index contributed by atoms with van der Waals surface area (Å²) in [5.74, 6) is 0.647. The molecule has 0 saturated heterocycles. The van der Waals surface area contributed by atoms with Crippen LogP contribution in [-0.2, 0) is 0 Å². The molecule has 2 aromatic rings. The standard InChI is InChI=1S/C10H8BrNOS/c1-13-10-8(11)9(14-12-10)7-5-3-2-4-6-7/h2-6H,1H3. The van der Waals surface area contributed by atoms with Crippen LogP contribution >= 0.6 is 27.5 Å². The number of methoxy groups -OCH3 is 1. The van der Waals surface area contributed by atoms with E-state index in [9.17, 15) is 0 Å². The summed E-state index contributed by atoms with van der Waals surface area (Å²) in [6, 6.07) is 10.1. The number of ether oxygens (including phenoxy) is 1. The van der Waals surface area contributed by atoms with Crippen LogP contribution in [0.5, 0.6) is 5.88 Å². The first-order valence-corrected chi connectivity index (χ1v) is 5.64. The van der Waals surface area contributed by atoms with Crippen LogP contribution < -0.4 is 4.74 Å². The van der Waals surface area contributed by atoms with E-state index >= 15 is 0 Å². The molecule has 0 amide bonds. The zero-order valence-electron chi connectivity index (χ0n) is 7.53. The van der Waals surface area contributed by atoms with Crippen molar-refractivity contribution >= 4 is 27.5 Å². The molecule has 2 rings (SSSR count). The molecule has 0 unspecified atom stereocenters. The minimum atomic E-state index is 0.647. The zero-order chi connectivity index (χ0) is 9.97. The average Bonchev–Trinajstić information content (AvgIpc) is 2.61. The number of rotatable bonds is 2. The second-order valence-electron chi connectivity index (χ2n) is 2.70. The lowest BCUT2D eigenvalue weighted by Gasteiger charge is -1.97. The second kappa shape index (κ2) is 4.11. The van der Waals surface area contributed by atoms with Gasteiger partial charge in [0.2, 0.25) is 5.88 Å². The quantitative estimate of drug-likeness (QED) is 0.832. The van der Waals surface area contributed by atoms with Crippen LogP contribution in [0, 0.1) is 0 Å². The number of aromatic nitrogens is 1. The van der Waals surface area contributed by atoms with E-state index in [1.54, 1.807) is 7.11 Å². The summed E-state index contributed by atoms with van der Waals surface area (Å²) in [7, 11) is 1.62. The maximum Gasteiger partial charge on any atom is 0.240 e. The SMILES string of the molecule is COc1nsc(-c2ccccc2)c1Br. The molecule has 72 valence electrons. The Hall–Kier alpha value is -0.870. The van der Waals surface area contributed by atoms with Crippen molar-refractivity contribution in [2.75, 3.05) is 7.11 Å². The van der Waals surface area contributed by atoms with Gasteiger partial charge in [-0.1, -0.05) is 30.3 Å². The first kappa shape index (κ1) is 9.68. The van der Waals surface area contributed by atoms with E-state index in [0.717, 1.165) is 14.9 Å². The molecule has 1 aromatic heterocycles. The molecule has 0 aliphatic carbocycles. The minimum Gasteiger partial charge on any atom is -0.480 e. The minimum absolute atomic E-state index is 0.647. The molecule has 0 aliphatic heterocycles. The molecule has 0 N–H and O–H groups in total. The fourth-order valence-corrected chi connectivity index (χ4v) is 2.72. The summed E-state index contributed by atoms with van der Waals surface area (Å²) in [5.41, 5.74) is 1.15. The van der Waals surface area contributed by atoms with Gasteiger partial charge in [-0.15, -0.1) is 0 Å². The zero-order valence-corrected chi connectivity index (χ0v) is 9.93. The van der Waals surface area contributed by atoms with E-state index < -0.39 is 0 Å². The number of benzene rings is 1. The van der Waals surface area contributed by atoms with Crippen molar-refractivity contribution in [1.82, 2.24) is 4.37 Å². The normalized spacial score (nSPS) is 10.1. The molecule has 0 atom stereocenters. The van der Waals surface area contributed by atoms with Crippen molar-refractivity contribution in [3.8, 4) is 16.3 Å². The van der Waals surface area contributed by atoms with E-state index in [2.05, 4.69) is 32.4 Å². The highest BCUT2D eigenvalue weighted by molar-refractivity contribution is 9.10. The first-order valence-electron chi connectivity index (χ1n) is 4.07. The Morgan fingerprint density at radius 1 is 1.29 bits per heavy atom. The van der Waals surface area contributed by atoms with Gasteiger partial charge in [-0.05, 0) is 33.0 Å². The predicted molar refractivity (Wildman–Crippen MR) is 61.8 cm³/mol. The molecular weight excluding hydrogens is 262 g/mol. The fraction of sp³-hybridized carbons (Fsp3) is 0.100. The van der Waals surface area contributed by atoms with E-state index in [0.29, 0.717) is 5.88 Å². The van der Waals surface area contributed by atoms with Gasteiger partial charge in [0, 0.05) is 0 Å². The van der Waals surface area contributed by atoms with Crippen LogP contribution in [-0.4, -0.2) is 11.5 Å². The maximum absolute atomic E-state index is 5.10. The van der Waals surface area contributed by atoms with Gasteiger partial charge >= 0.3 is 0 Å². The molecule has 0 saturated carbocycles. The molecule has 0 bridgehead atoms. The van der Waals surface area contributed by atoms with Gasteiger partial charge in [-0.25, -0.2) is 0 Å². The number of hydrogen-bond donors (Lipinski definition) is 0. The Kier molecular flexibility index (Phi) is 2.84. The van der Waals surface area contributed by atoms with Crippen LogP contribution in [0.4, 0.5) is 0 Å². The predicted octanol–water partition coefficient (Wildman–Crippen LogP) is 3.58. The molecule has 0 fully saturated rings. The lowest BCUT2D eigenvalue weighted by atomic mass is 10.2. The molecule has 14 heavy (non-hydrogen) atoms. The molecule has 1 aromatic carbocycles. The molecule has 2 nitrogen and oxygen atoms in total. The Labute approximate surface area is 94.8 Å². The van der Waals surface area contributed by atoms with Crippen molar-refractivity contribution in [3.05, 3.63) is 34.8 Å². The van der Waals surface area contributed by atoms with Crippen LogP contribution in [0.2, 0.25) is 0 Å². The Morgan fingerprint density at radius 2 is 2.00 bits per heavy atom. The number of hydrogen-bond acceptors (Lipinski definition) is 3. The Morgan fingerprint density at radius 3 is 2.57 bits per heavy atom. The molecule has 4 heteroatoms. The third kappa shape index (κ3) is 1.67. The third-order valence-corrected chi connectivity index (χ3v) is 3.71. The van der Waals surface area contributed by atoms with Crippen molar-refractivity contribution < 1.29 is 4.74 Å². The highest BCUT2D eigenvalue weighted by Gasteiger charge is 2.12. The Bertz CT molecular complexity index is 427. The van der Waals surface area contributed by atoms with Crippen molar-refractivity contribution in [3.63, 3.8) is 0 Å². The van der Waals surface area contributed by atoms with E-state index in [1.165, 1.54) is 11.5 Å².